The number of nitrogens with one attached hydrogen (secondary N) is 1. The van der Waals surface area contributed by atoms with E-state index in [0.29, 0.717) is 17.1 Å². The van der Waals surface area contributed by atoms with Crippen LogP contribution in [0.5, 0.6) is 11.5 Å². The van der Waals surface area contributed by atoms with Crippen LogP contribution in [0.2, 0.25) is 0 Å². The van der Waals surface area contributed by atoms with Gasteiger partial charge in [0, 0.05) is 29.3 Å². The van der Waals surface area contributed by atoms with E-state index in [4.69, 9.17) is 9.47 Å². The normalized spacial score (nSPS) is 9.85. The molecule has 27 heavy (non-hydrogen) atoms. The van der Waals surface area contributed by atoms with Gasteiger partial charge < -0.3 is 31.8 Å². The van der Waals surface area contributed by atoms with E-state index >= 15 is 0 Å². The predicted octanol–water partition coefficient (Wildman–Crippen LogP) is 0.296. The Kier molecular flexibility index (Phi) is 7.37. The van der Waals surface area contributed by atoms with Gasteiger partial charge in [0.25, 0.3) is 5.91 Å². The molecule has 2 aromatic carbocycles. The molecule has 0 aliphatic rings. The first-order valence-corrected chi connectivity index (χ1v) is 8.25. The third-order valence-electron chi connectivity index (χ3n) is 3.97. The monoisotopic (exact) mass is 428 g/mol. The van der Waals surface area contributed by atoms with Crippen molar-refractivity contribution in [3.63, 3.8) is 0 Å². The molecule has 0 unspecified atom stereocenters. The van der Waals surface area contributed by atoms with E-state index in [2.05, 4.69) is 22.0 Å². The molecule has 1 heterocycles. The summed E-state index contributed by atoms with van der Waals surface area (Å²) in [5.74, 6) is 0.925. The number of nitrogens with zero attached hydrogens (tertiary/aromatic N) is 1. The van der Waals surface area contributed by atoms with Crippen molar-refractivity contribution in [1.29, 1.82) is 0 Å². The van der Waals surface area contributed by atoms with Crippen molar-refractivity contribution in [1.82, 2.24) is 0 Å². The SMILES string of the molecule is COc1cc(OC)cc(C(=O)Nc2cc[n+](Cc3ccccc3)cc2)c1.[Br-]. The molecular formula is C21H21BrN2O3. The van der Waals surface area contributed by atoms with Crippen LogP contribution in [0.3, 0.4) is 0 Å². The number of aromatic nitrogens is 1. The second kappa shape index (κ2) is 9.73. The number of amides is 1. The third kappa shape index (κ3) is 5.56. The maximum atomic E-state index is 12.5. The number of halogens is 1. The summed E-state index contributed by atoms with van der Waals surface area (Å²) < 4.78 is 12.5. The average Bonchev–Trinajstić information content (AvgIpc) is 2.69. The van der Waals surface area contributed by atoms with Crippen molar-refractivity contribution < 1.29 is 35.8 Å². The number of carbonyl (C=O) groups excluding carboxylic acids is 1. The molecule has 5 nitrogen and oxygen atoms in total. The second-order valence-electron chi connectivity index (χ2n) is 5.80. The van der Waals surface area contributed by atoms with Gasteiger partial charge in [-0.2, -0.15) is 0 Å². The van der Waals surface area contributed by atoms with E-state index in [1.165, 1.54) is 5.56 Å². The van der Waals surface area contributed by atoms with Crippen LogP contribution < -0.4 is 36.3 Å². The number of anilines is 1. The summed E-state index contributed by atoms with van der Waals surface area (Å²) in [5.41, 5.74) is 2.42. The lowest BCUT2D eigenvalue weighted by molar-refractivity contribution is -0.688. The first-order chi connectivity index (χ1) is 12.7. The average molecular weight is 429 g/mol. The largest absolute Gasteiger partial charge is 1.00 e. The number of carbonyl (C=O) groups is 1. The molecule has 0 saturated heterocycles. The lowest BCUT2D eigenvalue weighted by atomic mass is 10.2. The third-order valence-corrected chi connectivity index (χ3v) is 3.97. The Morgan fingerprint density at radius 2 is 1.52 bits per heavy atom. The topological polar surface area (TPSA) is 51.4 Å². The fourth-order valence-electron chi connectivity index (χ4n) is 2.58. The summed E-state index contributed by atoms with van der Waals surface area (Å²) in [4.78, 5) is 12.5. The Balaban J connectivity index is 0.00000261. The zero-order valence-electron chi connectivity index (χ0n) is 15.2. The minimum Gasteiger partial charge on any atom is -1.00 e. The van der Waals surface area contributed by atoms with Gasteiger partial charge in [0.1, 0.15) is 11.5 Å². The summed E-state index contributed by atoms with van der Waals surface area (Å²) in [7, 11) is 3.11. The van der Waals surface area contributed by atoms with Gasteiger partial charge in [0.2, 0.25) is 0 Å². The highest BCUT2D eigenvalue weighted by Crippen LogP contribution is 2.23. The van der Waals surface area contributed by atoms with Crippen LogP contribution in [0.4, 0.5) is 5.69 Å². The maximum absolute atomic E-state index is 12.5. The number of pyridine rings is 1. The Hall–Kier alpha value is -2.86. The molecular weight excluding hydrogens is 408 g/mol. The summed E-state index contributed by atoms with van der Waals surface area (Å²) in [6.45, 7) is 0.780. The van der Waals surface area contributed by atoms with Crippen molar-refractivity contribution in [3.8, 4) is 11.5 Å². The smallest absolute Gasteiger partial charge is 0.255 e. The molecule has 0 aliphatic carbocycles. The summed E-state index contributed by atoms with van der Waals surface area (Å²) in [6, 6.07) is 19.0. The fraction of sp³-hybridized carbons (Fsp3) is 0.143. The van der Waals surface area contributed by atoms with E-state index in [1.807, 2.05) is 42.7 Å². The fourth-order valence-corrected chi connectivity index (χ4v) is 2.58. The van der Waals surface area contributed by atoms with Crippen molar-refractivity contribution in [3.05, 3.63) is 84.2 Å². The number of benzene rings is 2. The van der Waals surface area contributed by atoms with Crippen LogP contribution in [0, 0.1) is 0 Å². The lowest BCUT2D eigenvalue weighted by Gasteiger charge is -2.09. The first kappa shape index (κ1) is 20.5. The molecule has 0 aliphatic heterocycles. The van der Waals surface area contributed by atoms with Crippen LogP contribution in [-0.2, 0) is 6.54 Å². The van der Waals surface area contributed by atoms with Crippen LogP contribution in [0.1, 0.15) is 15.9 Å². The molecule has 0 spiro atoms. The van der Waals surface area contributed by atoms with Gasteiger partial charge in [-0.05, 0) is 12.1 Å². The van der Waals surface area contributed by atoms with E-state index in [0.717, 1.165) is 12.2 Å². The first-order valence-electron chi connectivity index (χ1n) is 8.25. The molecule has 1 aromatic heterocycles. The molecule has 3 rings (SSSR count). The summed E-state index contributed by atoms with van der Waals surface area (Å²) in [5, 5.41) is 2.89. The van der Waals surface area contributed by atoms with Gasteiger partial charge in [-0.25, -0.2) is 4.57 Å². The van der Waals surface area contributed by atoms with E-state index in [-0.39, 0.29) is 22.9 Å². The Morgan fingerprint density at radius 3 is 2.07 bits per heavy atom. The van der Waals surface area contributed by atoms with Gasteiger partial charge in [-0.3, -0.25) is 4.79 Å². The maximum Gasteiger partial charge on any atom is 0.255 e. The molecule has 1 amide bonds. The molecule has 1 N–H and O–H groups in total. The second-order valence-corrected chi connectivity index (χ2v) is 5.80. The highest BCUT2D eigenvalue weighted by atomic mass is 79.9. The standard InChI is InChI=1S/C21H20N2O3.BrH/c1-25-19-12-17(13-20(14-19)26-2)21(24)22-18-8-10-23(11-9-18)15-16-6-4-3-5-7-16;/h3-14H,15H2,1-2H3;1H. The molecule has 0 bridgehead atoms. The lowest BCUT2D eigenvalue weighted by Crippen LogP contribution is -3.00. The van der Waals surface area contributed by atoms with E-state index < -0.39 is 0 Å². The highest BCUT2D eigenvalue weighted by Gasteiger charge is 2.11. The number of hydrogen-bond donors (Lipinski definition) is 1. The quantitative estimate of drug-likeness (QED) is 0.574. The van der Waals surface area contributed by atoms with Gasteiger partial charge >= 0.3 is 0 Å². The molecule has 140 valence electrons. The van der Waals surface area contributed by atoms with Crippen LogP contribution in [0.15, 0.2) is 73.1 Å². The highest BCUT2D eigenvalue weighted by molar-refractivity contribution is 6.04. The molecule has 0 atom stereocenters. The number of hydrogen-bond acceptors (Lipinski definition) is 3. The van der Waals surface area contributed by atoms with Crippen LogP contribution in [-0.4, -0.2) is 20.1 Å². The molecule has 6 heteroatoms. The van der Waals surface area contributed by atoms with Crippen LogP contribution >= 0.6 is 0 Å². The van der Waals surface area contributed by atoms with E-state index in [1.54, 1.807) is 32.4 Å². The zero-order valence-corrected chi connectivity index (χ0v) is 16.8. The van der Waals surface area contributed by atoms with Gasteiger partial charge in [-0.15, -0.1) is 0 Å². The van der Waals surface area contributed by atoms with Crippen molar-refractivity contribution >= 4 is 11.6 Å². The van der Waals surface area contributed by atoms with Crippen LogP contribution in [0.25, 0.3) is 0 Å². The minimum atomic E-state index is -0.219. The number of rotatable bonds is 6. The van der Waals surface area contributed by atoms with Gasteiger partial charge in [0.05, 0.1) is 19.9 Å². The Labute approximate surface area is 169 Å². The zero-order chi connectivity index (χ0) is 18.4. The van der Waals surface area contributed by atoms with Gasteiger partial charge in [0.15, 0.2) is 18.9 Å². The van der Waals surface area contributed by atoms with Crippen molar-refractivity contribution in [2.75, 3.05) is 19.5 Å². The number of methoxy groups -OCH3 is 2. The molecule has 0 radical (unpaired) electrons. The van der Waals surface area contributed by atoms with Crippen molar-refractivity contribution in [2.24, 2.45) is 0 Å². The Morgan fingerprint density at radius 1 is 0.926 bits per heavy atom. The molecule has 0 fully saturated rings. The molecule has 3 aromatic rings. The van der Waals surface area contributed by atoms with Crippen molar-refractivity contribution in [2.45, 2.75) is 6.54 Å². The molecule has 0 saturated carbocycles. The van der Waals surface area contributed by atoms with E-state index in [9.17, 15) is 4.79 Å². The predicted molar refractivity (Wildman–Crippen MR) is 99.7 cm³/mol. The summed E-state index contributed by atoms with van der Waals surface area (Å²) in [6.07, 6.45) is 3.88. The van der Waals surface area contributed by atoms with Gasteiger partial charge in [-0.1, -0.05) is 30.3 Å². The Bertz CT molecular complexity index is 861. The minimum absolute atomic E-state index is 0. The summed E-state index contributed by atoms with van der Waals surface area (Å²) >= 11 is 0. The number of ether oxygens (including phenoxy) is 2.